The van der Waals surface area contributed by atoms with Gasteiger partial charge < -0.3 is 14.4 Å². The predicted octanol–water partition coefficient (Wildman–Crippen LogP) is 2.34. The Morgan fingerprint density at radius 1 is 1.09 bits per heavy atom. The Morgan fingerprint density at radius 2 is 1.64 bits per heavy atom. The smallest absolute Gasteiger partial charge is 0.322 e. The Balaban J connectivity index is 3.25. The molecular formula is C17H25NO4. The molecule has 0 saturated carbocycles. The summed E-state index contributed by atoms with van der Waals surface area (Å²) in [5, 5.41) is 0. The molecule has 1 aromatic rings. The Bertz CT molecular complexity index is 495. The first-order valence-corrected chi connectivity index (χ1v) is 7.48. The zero-order chi connectivity index (χ0) is 16.7. The van der Waals surface area contributed by atoms with Gasteiger partial charge in [0.2, 0.25) is 0 Å². The van der Waals surface area contributed by atoms with Crippen LogP contribution in [-0.2, 0) is 19.1 Å². The lowest BCUT2D eigenvalue weighted by molar-refractivity contribution is -0.165. The molecule has 0 radical (unpaired) electrons. The van der Waals surface area contributed by atoms with Crippen molar-refractivity contribution in [2.75, 3.05) is 27.3 Å². The van der Waals surface area contributed by atoms with Crippen molar-refractivity contribution in [1.82, 2.24) is 4.90 Å². The third-order valence-electron chi connectivity index (χ3n) is 3.34. The van der Waals surface area contributed by atoms with Gasteiger partial charge in [0.15, 0.2) is 5.92 Å². The molecule has 0 fully saturated rings. The van der Waals surface area contributed by atoms with Crippen LogP contribution < -0.4 is 0 Å². The van der Waals surface area contributed by atoms with Gasteiger partial charge in [-0.25, -0.2) is 0 Å². The average Bonchev–Trinajstić information content (AvgIpc) is 2.44. The molecule has 1 aromatic carbocycles. The van der Waals surface area contributed by atoms with E-state index in [1.165, 1.54) is 0 Å². The number of nitrogens with zero attached hydrogens (tertiary/aromatic N) is 1. The number of carbonyl (C=O) groups is 2. The summed E-state index contributed by atoms with van der Waals surface area (Å²) in [6.07, 6.45) is 0. The van der Waals surface area contributed by atoms with Crippen molar-refractivity contribution in [3.05, 3.63) is 35.4 Å². The van der Waals surface area contributed by atoms with Crippen LogP contribution in [0, 0.1) is 12.8 Å². The van der Waals surface area contributed by atoms with Crippen LogP contribution in [0.4, 0.5) is 0 Å². The fourth-order valence-electron chi connectivity index (χ4n) is 2.46. The maximum Gasteiger partial charge on any atom is 0.322 e. The van der Waals surface area contributed by atoms with Crippen molar-refractivity contribution in [2.45, 2.75) is 26.8 Å². The summed E-state index contributed by atoms with van der Waals surface area (Å²) in [5.41, 5.74) is 1.95. The quantitative estimate of drug-likeness (QED) is 0.571. The molecule has 1 unspecified atom stereocenters. The van der Waals surface area contributed by atoms with E-state index in [2.05, 4.69) is 0 Å². The summed E-state index contributed by atoms with van der Waals surface area (Å²) >= 11 is 0. The summed E-state index contributed by atoms with van der Waals surface area (Å²) < 4.78 is 10.2. The molecule has 0 aromatic heterocycles. The monoisotopic (exact) mass is 307 g/mol. The fraction of sp³-hybridized carbons (Fsp3) is 0.529. The van der Waals surface area contributed by atoms with Crippen LogP contribution in [0.25, 0.3) is 0 Å². The van der Waals surface area contributed by atoms with Crippen molar-refractivity contribution < 1.29 is 19.1 Å². The minimum absolute atomic E-state index is 0.225. The summed E-state index contributed by atoms with van der Waals surface area (Å²) in [6, 6.07) is 7.33. The van der Waals surface area contributed by atoms with E-state index in [1.807, 2.05) is 50.2 Å². The number of esters is 2. The molecule has 0 spiro atoms. The van der Waals surface area contributed by atoms with Crippen molar-refractivity contribution >= 4 is 11.9 Å². The number of hydrogen-bond acceptors (Lipinski definition) is 5. The lowest BCUT2D eigenvalue weighted by Gasteiger charge is -2.30. The molecule has 5 nitrogen and oxygen atoms in total. The third-order valence-corrected chi connectivity index (χ3v) is 3.34. The normalized spacial score (nSPS) is 12.3. The fourth-order valence-corrected chi connectivity index (χ4v) is 2.46. The molecule has 0 N–H and O–H groups in total. The van der Waals surface area contributed by atoms with Gasteiger partial charge in [-0.15, -0.1) is 0 Å². The Labute approximate surface area is 132 Å². The minimum atomic E-state index is -1.00. The van der Waals surface area contributed by atoms with E-state index in [-0.39, 0.29) is 13.2 Å². The van der Waals surface area contributed by atoms with Crippen LogP contribution >= 0.6 is 0 Å². The van der Waals surface area contributed by atoms with Crippen LogP contribution in [0.15, 0.2) is 24.3 Å². The van der Waals surface area contributed by atoms with Crippen molar-refractivity contribution in [2.24, 2.45) is 5.92 Å². The molecule has 0 aliphatic carbocycles. The van der Waals surface area contributed by atoms with E-state index in [9.17, 15) is 9.59 Å². The van der Waals surface area contributed by atoms with Gasteiger partial charge in [0.25, 0.3) is 0 Å². The third kappa shape index (κ3) is 4.56. The topological polar surface area (TPSA) is 55.8 Å². The number of hydrogen-bond donors (Lipinski definition) is 0. The zero-order valence-corrected chi connectivity index (χ0v) is 14.0. The van der Waals surface area contributed by atoms with Gasteiger partial charge in [0.05, 0.1) is 19.3 Å². The maximum absolute atomic E-state index is 12.3. The van der Waals surface area contributed by atoms with Crippen molar-refractivity contribution in [3.8, 4) is 0 Å². The molecule has 0 bridgehead atoms. The lowest BCUT2D eigenvalue weighted by atomic mass is 9.91. The van der Waals surface area contributed by atoms with Gasteiger partial charge in [-0.05, 0) is 40.4 Å². The maximum atomic E-state index is 12.3. The first-order valence-electron chi connectivity index (χ1n) is 7.48. The second-order valence-electron chi connectivity index (χ2n) is 5.30. The molecule has 0 amide bonds. The molecule has 0 heterocycles. The first kappa shape index (κ1) is 18.2. The van der Waals surface area contributed by atoms with E-state index in [4.69, 9.17) is 9.47 Å². The summed E-state index contributed by atoms with van der Waals surface area (Å²) in [6.45, 7) is 5.86. The van der Waals surface area contributed by atoms with Gasteiger partial charge in [0, 0.05) is 0 Å². The van der Waals surface area contributed by atoms with Gasteiger partial charge >= 0.3 is 11.9 Å². The van der Waals surface area contributed by atoms with E-state index >= 15 is 0 Å². The SMILES string of the molecule is CCOC(=O)C(C(=O)OCC)C(c1cccc(C)c1)N(C)C. The molecular weight excluding hydrogens is 282 g/mol. The standard InChI is InChI=1S/C17H25NO4/c1-6-21-16(19)14(17(20)22-7-2)15(18(4)5)13-10-8-9-12(3)11-13/h8-11,14-15H,6-7H2,1-5H3. The van der Waals surface area contributed by atoms with Gasteiger partial charge in [-0.3, -0.25) is 9.59 Å². The molecule has 0 aliphatic heterocycles. The zero-order valence-electron chi connectivity index (χ0n) is 14.0. The van der Waals surface area contributed by atoms with Gasteiger partial charge in [-0.1, -0.05) is 29.8 Å². The summed E-state index contributed by atoms with van der Waals surface area (Å²) in [7, 11) is 3.66. The number of carbonyl (C=O) groups excluding carboxylic acids is 2. The second kappa shape index (κ2) is 8.54. The Hall–Kier alpha value is -1.88. The molecule has 1 atom stereocenters. The number of ether oxygens (including phenoxy) is 2. The first-order chi connectivity index (χ1) is 10.4. The Kier molecular flexibility index (Phi) is 7.05. The molecule has 5 heteroatoms. The van der Waals surface area contributed by atoms with Gasteiger partial charge in [-0.2, -0.15) is 0 Å². The van der Waals surface area contributed by atoms with Crippen LogP contribution in [0.2, 0.25) is 0 Å². The van der Waals surface area contributed by atoms with E-state index in [1.54, 1.807) is 13.8 Å². The summed E-state index contributed by atoms with van der Waals surface area (Å²) in [4.78, 5) is 26.5. The van der Waals surface area contributed by atoms with E-state index < -0.39 is 23.9 Å². The van der Waals surface area contributed by atoms with Crippen molar-refractivity contribution in [1.29, 1.82) is 0 Å². The highest BCUT2D eigenvalue weighted by atomic mass is 16.6. The molecule has 0 saturated heterocycles. The molecule has 0 aliphatic rings. The van der Waals surface area contributed by atoms with Crippen LogP contribution in [-0.4, -0.2) is 44.1 Å². The highest BCUT2D eigenvalue weighted by Gasteiger charge is 2.39. The number of benzene rings is 1. The highest BCUT2D eigenvalue weighted by molar-refractivity contribution is 5.96. The largest absolute Gasteiger partial charge is 0.465 e. The molecule has 1 rings (SSSR count). The Morgan fingerprint density at radius 3 is 2.05 bits per heavy atom. The lowest BCUT2D eigenvalue weighted by Crippen LogP contribution is -2.39. The van der Waals surface area contributed by atoms with Crippen LogP contribution in [0.3, 0.4) is 0 Å². The highest BCUT2D eigenvalue weighted by Crippen LogP contribution is 2.29. The average molecular weight is 307 g/mol. The molecule has 122 valence electrons. The minimum Gasteiger partial charge on any atom is -0.465 e. The van der Waals surface area contributed by atoms with Crippen molar-refractivity contribution in [3.63, 3.8) is 0 Å². The molecule has 22 heavy (non-hydrogen) atoms. The van der Waals surface area contributed by atoms with E-state index in [0.29, 0.717) is 0 Å². The number of aryl methyl sites for hydroxylation is 1. The number of rotatable bonds is 7. The second-order valence-corrected chi connectivity index (χ2v) is 5.30. The van der Waals surface area contributed by atoms with E-state index in [0.717, 1.165) is 11.1 Å². The predicted molar refractivity (Wildman–Crippen MR) is 84.4 cm³/mol. The van der Waals surface area contributed by atoms with Gasteiger partial charge in [0.1, 0.15) is 0 Å². The van der Waals surface area contributed by atoms with Crippen LogP contribution in [0.5, 0.6) is 0 Å². The summed E-state index contributed by atoms with van der Waals surface area (Å²) in [5.74, 6) is -2.11. The van der Waals surface area contributed by atoms with Crippen LogP contribution in [0.1, 0.15) is 31.0 Å².